The van der Waals surface area contributed by atoms with Gasteiger partial charge in [0, 0.05) is 38.5 Å². The zero-order chi connectivity index (χ0) is 18.1. The maximum absolute atomic E-state index is 5.80. The van der Waals surface area contributed by atoms with Gasteiger partial charge in [0.1, 0.15) is 5.75 Å². The molecule has 0 aliphatic carbocycles. The highest BCUT2D eigenvalue weighted by atomic mass is 32.1. The van der Waals surface area contributed by atoms with Crippen LogP contribution in [0.2, 0.25) is 0 Å². The van der Waals surface area contributed by atoms with E-state index in [0.29, 0.717) is 24.7 Å². The first-order chi connectivity index (χ1) is 12.6. The quantitative estimate of drug-likeness (QED) is 0.764. The molecule has 0 bridgehead atoms. The maximum atomic E-state index is 5.80. The third kappa shape index (κ3) is 3.29. The van der Waals surface area contributed by atoms with Crippen molar-refractivity contribution in [2.24, 2.45) is 7.05 Å². The van der Waals surface area contributed by atoms with E-state index in [1.165, 1.54) is 0 Å². The summed E-state index contributed by atoms with van der Waals surface area (Å²) in [5, 5.41) is 4.75. The van der Waals surface area contributed by atoms with Gasteiger partial charge in [0.25, 0.3) is 0 Å². The van der Waals surface area contributed by atoms with Gasteiger partial charge in [-0.25, -0.2) is 4.68 Å². The Kier molecular flexibility index (Phi) is 4.83. The summed E-state index contributed by atoms with van der Waals surface area (Å²) in [7, 11) is 3.61. The van der Waals surface area contributed by atoms with E-state index >= 15 is 0 Å². The summed E-state index contributed by atoms with van der Waals surface area (Å²) < 4.78 is 21.5. The van der Waals surface area contributed by atoms with Crippen molar-refractivity contribution in [2.75, 3.05) is 33.4 Å². The van der Waals surface area contributed by atoms with Crippen LogP contribution in [0.25, 0.3) is 11.4 Å². The summed E-state index contributed by atoms with van der Waals surface area (Å²) in [4.78, 5) is 2.34. The summed E-state index contributed by atoms with van der Waals surface area (Å²) in [6, 6.07) is 7.87. The van der Waals surface area contributed by atoms with Crippen LogP contribution in [0.15, 0.2) is 24.3 Å². The SMILES string of the molecule is COc1cccc(-c2nn(CN3CCC4(CC3)OCCO4)c(=S)n2C)c1. The average Bonchev–Trinajstić information content (AvgIpc) is 3.24. The van der Waals surface area contributed by atoms with E-state index in [-0.39, 0.29) is 5.79 Å². The van der Waals surface area contributed by atoms with E-state index in [9.17, 15) is 0 Å². The Hall–Kier alpha value is -1.74. The predicted molar refractivity (Wildman–Crippen MR) is 99.5 cm³/mol. The minimum atomic E-state index is -0.353. The Morgan fingerprint density at radius 2 is 1.96 bits per heavy atom. The summed E-state index contributed by atoms with van der Waals surface area (Å²) in [6.45, 7) is 3.90. The molecule has 2 aliphatic heterocycles. The fourth-order valence-corrected chi connectivity index (χ4v) is 3.79. The van der Waals surface area contributed by atoms with Crippen LogP contribution in [0.1, 0.15) is 12.8 Å². The average molecular weight is 376 g/mol. The molecule has 1 aromatic carbocycles. The van der Waals surface area contributed by atoms with Gasteiger partial charge >= 0.3 is 0 Å². The molecule has 0 saturated carbocycles. The molecular weight excluding hydrogens is 352 g/mol. The molecule has 2 aliphatic rings. The van der Waals surface area contributed by atoms with Gasteiger partial charge in [-0.1, -0.05) is 12.1 Å². The number of hydrogen-bond donors (Lipinski definition) is 0. The Labute approximate surface area is 158 Å². The van der Waals surface area contributed by atoms with Gasteiger partial charge < -0.3 is 18.8 Å². The van der Waals surface area contributed by atoms with Crippen LogP contribution in [-0.2, 0) is 23.2 Å². The van der Waals surface area contributed by atoms with Crippen molar-refractivity contribution >= 4 is 12.2 Å². The number of methoxy groups -OCH3 is 1. The van der Waals surface area contributed by atoms with Crippen molar-refractivity contribution in [3.8, 4) is 17.1 Å². The minimum absolute atomic E-state index is 0.353. The molecule has 0 amide bonds. The van der Waals surface area contributed by atoms with Crippen LogP contribution in [-0.4, -0.2) is 58.4 Å². The second-order valence-electron chi connectivity index (χ2n) is 6.76. The lowest BCUT2D eigenvalue weighted by molar-refractivity contribution is -0.187. The lowest BCUT2D eigenvalue weighted by Crippen LogP contribution is -2.45. The van der Waals surface area contributed by atoms with E-state index in [1.54, 1.807) is 7.11 Å². The normalized spacial score (nSPS) is 19.9. The van der Waals surface area contributed by atoms with Gasteiger partial charge in [-0.15, -0.1) is 0 Å². The number of piperidine rings is 1. The number of likely N-dealkylation sites (tertiary alicyclic amines) is 1. The number of ether oxygens (including phenoxy) is 3. The molecule has 26 heavy (non-hydrogen) atoms. The van der Waals surface area contributed by atoms with Gasteiger partial charge in [-0.2, -0.15) is 5.10 Å². The minimum Gasteiger partial charge on any atom is -0.497 e. The highest BCUT2D eigenvalue weighted by molar-refractivity contribution is 7.71. The second kappa shape index (κ2) is 7.11. The Morgan fingerprint density at radius 1 is 1.23 bits per heavy atom. The van der Waals surface area contributed by atoms with Crippen LogP contribution in [0, 0.1) is 4.77 Å². The number of nitrogens with zero attached hydrogens (tertiary/aromatic N) is 4. The first-order valence-corrected chi connectivity index (χ1v) is 9.30. The van der Waals surface area contributed by atoms with Crippen molar-refractivity contribution in [2.45, 2.75) is 25.3 Å². The van der Waals surface area contributed by atoms with Crippen LogP contribution >= 0.6 is 12.2 Å². The summed E-state index contributed by atoms with van der Waals surface area (Å²) in [5.74, 6) is 1.29. The van der Waals surface area contributed by atoms with E-state index in [1.807, 2.05) is 40.6 Å². The third-order valence-corrected chi connectivity index (χ3v) is 5.62. The van der Waals surface area contributed by atoms with Gasteiger partial charge in [0.2, 0.25) is 0 Å². The molecule has 0 N–H and O–H groups in total. The number of benzene rings is 1. The highest BCUT2D eigenvalue weighted by Crippen LogP contribution is 2.31. The fourth-order valence-electron chi connectivity index (χ4n) is 3.60. The molecule has 3 heterocycles. The lowest BCUT2D eigenvalue weighted by Gasteiger charge is -2.37. The Morgan fingerprint density at radius 3 is 2.65 bits per heavy atom. The smallest absolute Gasteiger partial charge is 0.199 e. The van der Waals surface area contributed by atoms with E-state index in [0.717, 1.165) is 43.1 Å². The molecule has 7 nitrogen and oxygen atoms in total. The standard InChI is InChI=1S/C18H24N4O3S/c1-20-16(14-4-3-5-15(12-14)23-2)19-22(17(20)26)13-21-8-6-18(7-9-21)24-10-11-25-18/h3-5,12H,6-11,13H2,1-2H3. The van der Waals surface area contributed by atoms with Crippen LogP contribution in [0.4, 0.5) is 0 Å². The molecule has 140 valence electrons. The lowest BCUT2D eigenvalue weighted by atomic mass is 10.0. The predicted octanol–water partition coefficient (Wildman–Crippen LogP) is 2.42. The third-order valence-electron chi connectivity index (χ3n) is 5.13. The van der Waals surface area contributed by atoms with Crippen molar-refractivity contribution in [1.29, 1.82) is 0 Å². The molecule has 1 spiro atoms. The van der Waals surface area contributed by atoms with Gasteiger partial charge in [-0.3, -0.25) is 4.90 Å². The van der Waals surface area contributed by atoms with Crippen molar-refractivity contribution in [3.05, 3.63) is 29.0 Å². The fraction of sp³-hybridized carbons (Fsp3) is 0.556. The Balaban J connectivity index is 1.50. The molecule has 4 rings (SSSR count). The number of aromatic nitrogens is 3. The Bertz CT molecular complexity index is 831. The maximum Gasteiger partial charge on any atom is 0.199 e. The van der Waals surface area contributed by atoms with Gasteiger partial charge in [-0.05, 0) is 24.4 Å². The molecule has 0 unspecified atom stereocenters. The largest absolute Gasteiger partial charge is 0.497 e. The van der Waals surface area contributed by atoms with Crippen LogP contribution in [0.5, 0.6) is 5.75 Å². The highest BCUT2D eigenvalue weighted by Gasteiger charge is 2.39. The summed E-state index contributed by atoms with van der Waals surface area (Å²) in [5.41, 5.74) is 0.988. The van der Waals surface area contributed by atoms with E-state index < -0.39 is 0 Å². The van der Waals surface area contributed by atoms with Crippen molar-refractivity contribution in [3.63, 3.8) is 0 Å². The molecule has 2 fully saturated rings. The summed E-state index contributed by atoms with van der Waals surface area (Å²) in [6.07, 6.45) is 1.77. The first kappa shape index (κ1) is 17.7. The number of rotatable bonds is 4. The molecular formula is C18H24N4O3S. The molecule has 8 heteroatoms. The van der Waals surface area contributed by atoms with Crippen LogP contribution < -0.4 is 4.74 Å². The zero-order valence-corrected chi connectivity index (χ0v) is 16.0. The summed E-state index contributed by atoms with van der Waals surface area (Å²) >= 11 is 5.60. The van der Waals surface area contributed by atoms with Crippen LogP contribution in [0.3, 0.4) is 0 Å². The van der Waals surface area contributed by atoms with Gasteiger partial charge in [0.05, 0.1) is 27.0 Å². The second-order valence-corrected chi connectivity index (χ2v) is 7.13. The molecule has 2 aromatic rings. The van der Waals surface area contributed by atoms with Crippen molar-refractivity contribution in [1.82, 2.24) is 19.2 Å². The van der Waals surface area contributed by atoms with E-state index in [2.05, 4.69) is 4.90 Å². The topological polar surface area (TPSA) is 53.7 Å². The number of hydrogen-bond acceptors (Lipinski definition) is 6. The first-order valence-electron chi connectivity index (χ1n) is 8.89. The van der Waals surface area contributed by atoms with Crippen molar-refractivity contribution < 1.29 is 14.2 Å². The molecule has 2 saturated heterocycles. The monoisotopic (exact) mass is 376 g/mol. The zero-order valence-electron chi connectivity index (χ0n) is 15.2. The molecule has 1 aromatic heterocycles. The van der Waals surface area contributed by atoms with E-state index in [4.69, 9.17) is 31.5 Å². The molecule has 0 atom stereocenters. The molecule has 0 radical (unpaired) electrons. The van der Waals surface area contributed by atoms with Gasteiger partial charge in [0.15, 0.2) is 16.4 Å².